The maximum atomic E-state index is 12.4. The normalized spacial score (nSPS) is 13.9. The summed E-state index contributed by atoms with van der Waals surface area (Å²) in [4.78, 5) is 32.7. The first-order valence-electron chi connectivity index (χ1n) is 7.55. The number of hydrogen-bond donors (Lipinski definition) is 2. The predicted molar refractivity (Wildman–Crippen MR) is 89.0 cm³/mol. The number of rotatable bonds is 8. The van der Waals surface area contributed by atoms with E-state index in [4.69, 9.17) is 5.11 Å². The molecule has 1 aliphatic carbocycles. The van der Waals surface area contributed by atoms with Gasteiger partial charge in [0.25, 0.3) is 5.91 Å². The van der Waals surface area contributed by atoms with Crippen LogP contribution in [0, 0.1) is 0 Å². The summed E-state index contributed by atoms with van der Waals surface area (Å²) in [5.74, 6) is -0.518. The van der Waals surface area contributed by atoms with Gasteiger partial charge in [-0.15, -0.1) is 22.7 Å². The molecule has 3 rings (SSSR count). The summed E-state index contributed by atoms with van der Waals surface area (Å²) in [6.45, 7) is 0.473. The molecule has 122 valence electrons. The number of aromatic nitrogens is 2. The minimum atomic E-state index is -0.806. The third-order valence-electron chi connectivity index (χ3n) is 3.53. The van der Waals surface area contributed by atoms with Crippen molar-refractivity contribution in [3.8, 4) is 10.0 Å². The standard InChI is InChI=1S/C15H17N3O3S2/c19-10(20)3-1-2-6-16-13(21)11-12(9-4-5-9)23-15(18-11)14-17-7-8-22-14/h7-9H,1-6H2,(H,16,21)(H,19,20). The van der Waals surface area contributed by atoms with Gasteiger partial charge in [0.15, 0.2) is 10.0 Å². The molecule has 0 saturated heterocycles. The van der Waals surface area contributed by atoms with Gasteiger partial charge in [0, 0.05) is 29.4 Å². The maximum Gasteiger partial charge on any atom is 0.303 e. The summed E-state index contributed by atoms with van der Waals surface area (Å²) in [7, 11) is 0. The van der Waals surface area contributed by atoms with Gasteiger partial charge >= 0.3 is 5.97 Å². The fourth-order valence-corrected chi connectivity index (χ4v) is 4.13. The highest BCUT2D eigenvalue weighted by Crippen LogP contribution is 2.46. The van der Waals surface area contributed by atoms with Crippen LogP contribution < -0.4 is 5.32 Å². The molecule has 0 bridgehead atoms. The Hall–Kier alpha value is -1.80. The van der Waals surface area contributed by atoms with Gasteiger partial charge in [-0.3, -0.25) is 9.59 Å². The number of nitrogens with zero attached hydrogens (tertiary/aromatic N) is 2. The highest BCUT2D eigenvalue weighted by Gasteiger charge is 2.32. The van der Waals surface area contributed by atoms with Crippen molar-refractivity contribution in [3.05, 3.63) is 22.1 Å². The molecule has 0 radical (unpaired) electrons. The SMILES string of the molecule is O=C(O)CCCCNC(=O)c1nc(-c2nccs2)sc1C1CC1. The molecule has 8 heteroatoms. The fourth-order valence-electron chi connectivity index (χ4n) is 2.22. The lowest BCUT2D eigenvalue weighted by atomic mass is 10.2. The summed E-state index contributed by atoms with van der Waals surface area (Å²) >= 11 is 3.08. The monoisotopic (exact) mass is 351 g/mol. The molecule has 2 N–H and O–H groups in total. The third kappa shape index (κ3) is 4.14. The molecule has 0 aliphatic heterocycles. The summed E-state index contributed by atoms with van der Waals surface area (Å²) in [6.07, 6.45) is 5.30. The Balaban J connectivity index is 1.64. The van der Waals surface area contributed by atoms with Crippen molar-refractivity contribution in [2.75, 3.05) is 6.54 Å². The molecule has 2 aromatic rings. The Bertz CT molecular complexity index is 693. The number of carbonyl (C=O) groups is 2. The average molecular weight is 351 g/mol. The number of hydrogen-bond acceptors (Lipinski definition) is 6. The van der Waals surface area contributed by atoms with Gasteiger partial charge in [-0.2, -0.15) is 0 Å². The number of aliphatic carboxylic acids is 1. The van der Waals surface area contributed by atoms with Gasteiger partial charge in [-0.05, 0) is 31.6 Å². The van der Waals surface area contributed by atoms with Crippen LogP contribution in [0.4, 0.5) is 0 Å². The van der Waals surface area contributed by atoms with Gasteiger partial charge in [-0.25, -0.2) is 9.97 Å². The van der Waals surface area contributed by atoms with Crippen molar-refractivity contribution < 1.29 is 14.7 Å². The number of amides is 1. The Labute approximate surface area is 141 Å². The number of carboxylic acid groups (broad SMARTS) is 1. The van der Waals surface area contributed by atoms with Crippen molar-refractivity contribution in [2.24, 2.45) is 0 Å². The van der Waals surface area contributed by atoms with Crippen LogP contribution in [0.15, 0.2) is 11.6 Å². The van der Waals surface area contributed by atoms with Crippen LogP contribution in [0.2, 0.25) is 0 Å². The maximum absolute atomic E-state index is 12.4. The van der Waals surface area contributed by atoms with Crippen molar-refractivity contribution in [1.29, 1.82) is 0 Å². The van der Waals surface area contributed by atoms with Crippen LogP contribution in [0.3, 0.4) is 0 Å². The van der Waals surface area contributed by atoms with E-state index in [1.54, 1.807) is 17.5 Å². The molecule has 6 nitrogen and oxygen atoms in total. The zero-order valence-corrected chi connectivity index (χ0v) is 14.1. The highest BCUT2D eigenvalue weighted by atomic mass is 32.1. The topological polar surface area (TPSA) is 92.2 Å². The lowest BCUT2D eigenvalue weighted by Crippen LogP contribution is -2.25. The second-order valence-corrected chi connectivity index (χ2v) is 7.38. The van der Waals surface area contributed by atoms with Crippen LogP contribution in [-0.4, -0.2) is 33.5 Å². The fraction of sp³-hybridized carbons (Fsp3) is 0.467. The van der Waals surface area contributed by atoms with Gasteiger partial charge in [0.05, 0.1) is 0 Å². The van der Waals surface area contributed by atoms with Crippen LogP contribution >= 0.6 is 22.7 Å². The molecule has 0 spiro atoms. The van der Waals surface area contributed by atoms with E-state index in [1.807, 2.05) is 5.38 Å². The first-order valence-corrected chi connectivity index (χ1v) is 9.25. The van der Waals surface area contributed by atoms with E-state index >= 15 is 0 Å². The van der Waals surface area contributed by atoms with Crippen molar-refractivity contribution in [3.63, 3.8) is 0 Å². The van der Waals surface area contributed by atoms with E-state index in [0.717, 1.165) is 27.7 Å². The number of thiazole rings is 2. The van der Waals surface area contributed by atoms with Gasteiger partial charge < -0.3 is 10.4 Å². The molecule has 1 saturated carbocycles. The number of nitrogens with one attached hydrogen (secondary N) is 1. The van der Waals surface area contributed by atoms with Crippen molar-refractivity contribution in [2.45, 2.75) is 38.0 Å². The quantitative estimate of drug-likeness (QED) is 0.713. The smallest absolute Gasteiger partial charge is 0.303 e. The molecule has 2 heterocycles. The summed E-state index contributed by atoms with van der Waals surface area (Å²) in [5, 5.41) is 15.0. The third-order valence-corrected chi connectivity index (χ3v) is 5.67. The van der Waals surface area contributed by atoms with E-state index in [-0.39, 0.29) is 12.3 Å². The minimum absolute atomic E-state index is 0.133. The highest BCUT2D eigenvalue weighted by molar-refractivity contribution is 7.20. The zero-order valence-electron chi connectivity index (χ0n) is 12.4. The molecule has 2 aromatic heterocycles. The molecule has 23 heavy (non-hydrogen) atoms. The Morgan fingerprint density at radius 2 is 2.13 bits per heavy atom. The van der Waals surface area contributed by atoms with Crippen LogP contribution in [0.1, 0.15) is 53.4 Å². The van der Waals surface area contributed by atoms with Crippen LogP contribution in [-0.2, 0) is 4.79 Å². The lowest BCUT2D eigenvalue weighted by Gasteiger charge is -2.04. The molecule has 0 aromatic carbocycles. The molecular formula is C15H17N3O3S2. The molecule has 0 atom stereocenters. The van der Waals surface area contributed by atoms with Crippen molar-refractivity contribution >= 4 is 34.6 Å². The van der Waals surface area contributed by atoms with Gasteiger partial charge in [0.1, 0.15) is 5.69 Å². The predicted octanol–water partition coefficient (Wildman–Crippen LogP) is 3.13. The Morgan fingerprint density at radius 3 is 2.78 bits per heavy atom. The van der Waals surface area contributed by atoms with E-state index in [0.29, 0.717) is 31.0 Å². The number of carbonyl (C=O) groups excluding carboxylic acids is 1. The first-order chi connectivity index (χ1) is 11.1. The average Bonchev–Trinajstić information content (AvgIpc) is 3.04. The molecule has 1 amide bonds. The van der Waals surface area contributed by atoms with Gasteiger partial charge in [-0.1, -0.05) is 0 Å². The second-order valence-electron chi connectivity index (χ2n) is 5.45. The first kappa shape index (κ1) is 16.1. The molecule has 1 aliphatic rings. The number of carboxylic acids is 1. The van der Waals surface area contributed by atoms with Crippen LogP contribution in [0.5, 0.6) is 0 Å². The lowest BCUT2D eigenvalue weighted by molar-refractivity contribution is -0.137. The van der Waals surface area contributed by atoms with Gasteiger partial charge in [0.2, 0.25) is 0 Å². The Morgan fingerprint density at radius 1 is 1.30 bits per heavy atom. The minimum Gasteiger partial charge on any atom is -0.481 e. The van der Waals surface area contributed by atoms with E-state index in [9.17, 15) is 9.59 Å². The molecule has 0 unspecified atom stereocenters. The summed E-state index contributed by atoms with van der Waals surface area (Å²) in [5.41, 5.74) is 0.515. The summed E-state index contributed by atoms with van der Waals surface area (Å²) in [6, 6.07) is 0. The van der Waals surface area contributed by atoms with Crippen LogP contribution in [0.25, 0.3) is 10.0 Å². The van der Waals surface area contributed by atoms with E-state index in [2.05, 4.69) is 15.3 Å². The summed E-state index contributed by atoms with van der Waals surface area (Å²) < 4.78 is 0. The molecular weight excluding hydrogens is 334 g/mol. The van der Waals surface area contributed by atoms with E-state index in [1.165, 1.54) is 11.3 Å². The zero-order chi connectivity index (χ0) is 16.2. The Kier molecular flexibility index (Phi) is 5.02. The second kappa shape index (κ2) is 7.18. The molecule has 1 fully saturated rings. The largest absolute Gasteiger partial charge is 0.481 e. The van der Waals surface area contributed by atoms with Crippen molar-refractivity contribution in [1.82, 2.24) is 15.3 Å². The van der Waals surface area contributed by atoms with E-state index < -0.39 is 5.97 Å². The number of unbranched alkanes of at least 4 members (excludes halogenated alkanes) is 1.